The second-order valence-electron chi connectivity index (χ2n) is 8.91. The molecule has 12 heteroatoms. The van der Waals surface area contributed by atoms with Gasteiger partial charge < -0.3 is 26.0 Å². The minimum Gasteiger partial charge on any atom is -0.404 e. The van der Waals surface area contributed by atoms with Gasteiger partial charge >= 0.3 is 6.18 Å². The van der Waals surface area contributed by atoms with Crippen LogP contribution >= 0.6 is 0 Å². The molecule has 2 unspecified atom stereocenters. The van der Waals surface area contributed by atoms with Gasteiger partial charge in [-0.05, 0) is 44.8 Å². The standard InChI is InChI=1S/C23H29F3N8O/c1-22(2,35)17-8-15(16(9-27)10-28)12-34(13-17)20-4-5-31-21(32-20)18(11-29-3)33-7-6-30-19(14-33)23(24,25)26/h4-6,9-11,14-15,17,27,35H,3,7-8,12-13,28H2,1-2H3/b16-10+,18-11-,27-9?. The van der Waals surface area contributed by atoms with E-state index in [1.165, 1.54) is 29.7 Å². The molecule has 4 N–H and O–H groups in total. The highest BCUT2D eigenvalue weighted by atomic mass is 19.4. The van der Waals surface area contributed by atoms with Gasteiger partial charge in [-0.1, -0.05) is 0 Å². The molecule has 1 fully saturated rings. The van der Waals surface area contributed by atoms with E-state index in [-0.39, 0.29) is 29.9 Å². The molecule has 1 saturated heterocycles. The van der Waals surface area contributed by atoms with Crippen LogP contribution in [0, 0.1) is 17.2 Å². The van der Waals surface area contributed by atoms with Gasteiger partial charge in [-0.2, -0.15) is 13.2 Å². The van der Waals surface area contributed by atoms with Crippen LogP contribution in [0.3, 0.4) is 0 Å². The zero-order chi connectivity index (χ0) is 25.8. The van der Waals surface area contributed by atoms with Crippen LogP contribution in [0.2, 0.25) is 0 Å². The fourth-order valence-corrected chi connectivity index (χ4v) is 4.11. The Morgan fingerprint density at radius 1 is 1.34 bits per heavy atom. The largest absolute Gasteiger partial charge is 0.434 e. The van der Waals surface area contributed by atoms with Crippen LogP contribution in [-0.2, 0) is 0 Å². The van der Waals surface area contributed by atoms with E-state index in [1.807, 2.05) is 4.90 Å². The molecule has 1 aromatic rings. The zero-order valence-corrected chi connectivity index (χ0v) is 19.6. The molecule has 2 atom stereocenters. The number of halogens is 3. The summed E-state index contributed by atoms with van der Waals surface area (Å²) in [5, 5.41) is 18.4. The lowest BCUT2D eigenvalue weighted by Crippen LogP contribution is -2.49. The molecule has 2 aliphatic heterocycles. The van der Waals surface area contributed by atoms with Crippen LogP contribution < -0.4 is 10.6 Å². The first-order valence-corrected chi connectivity index (χ1v) is 10.9. The van der Waals surface area contributed by atoms with Crippen molar-refractivity contribution in [2.24, 2.45) is 27.6 Å². The summed E-state index contributed by atoms with van der Waals surface area (Å²) in [6.07, 6.45) is 3.49. The van der Waals surface area contributed by atoms with Crippen molar-refractivity contribution in [3.05, 3.63) is 48.0 Å². The summed E-state index contributed by atoms with van der Waals surface area (Å²) in [5.41, 5.74) is 4.57. The smallest absolute Gasteiger partial charge is 0.404 e. The zero-order valence-electron chi connectivity index (χ0n) is 19.6. The van der Waals surface area contributed by atoms with Gasteiger partial charge in [0.2, 0.25) is 0 Å². The van der Waals surface area contributed by atoms with Crippen molar-refractivity contribution in [2.45, 2.75) is 32.0 Å². The fourth-order valence-electron chi connectivity index (χ4n) is 4.11. The Kier molecular flexibility index (Phi) is 7.73. The van der Waals surface area contributed by atoms with E-state index in [1.54, 1.807) is 19.9 Å². The highest BCUT2D eigenvalue weighted by Crippen LogP contribution is 2.35. The quantitative estimate of drug-likeness (QED) is 0.505. The third kappa shape index (κ3) is 6.13. The molecule has 3 rings (SSSR count). The Morgan fingerprint density at radius 2 is 2.09 bits per heavy atom. The monoisotopic (exact) mass is 490 g/mol. The highest BCUT2D eigenvalue weighted by Gasteiger charge is 2.38. The van der Waals surface area contributed by atoms with Crippen molar-refractivity contribution < 1.29 is 18.3 Å². The number of hydrogen-bond acceptors (Lipinski definition) is 9. The van der Waals surface area contributed by atoms with Gasteiger partial charge in [0.25, 0.3) is 0 Å². The first-order valence-electron chi connectivity index (χ1n) is 10.9. The maximum Gasteiger partial charge on any atom is 0.434 e. The van der Waals surface area contributed by atoms with E-state index < -0.39 is 17.5 Å². The Balaban J connectivity index is 1.97. The van der Waals surface area contributed by atoms with Gasteiger partial charge in [0.15, 0.2) is 11.5 Å². The van der Waals surface area contributed by atoms with E-state index in [2.05, 4.69) is 26.7 Å². The molecular weight excluding hydrogens is 461 g/mol. The summed E-state index contributed by atoms with van der Waals surface area (Å²) >= 11 is 0. The van der Waals surface area contributed by atoms with E-state index >= 15 is 0 Å². The molecule has 1 aromatic heterocycles. The number of allylic oxidation sites excluding steroid dienone is 1. The summed E-state index contributed by atoms with van der Waals surface area (Å²) in [6, 6.07) is 1.69. The van der Waals surface area contributed by atoms with Crippen LogP contribution in [0.4, 0.5) is 19.0 Å². The Hall–Kier alpha value is -3.54. The number of aliphatic imine (C=N–C) groups is 2. The molecule has 0 spiro atoms. The van der Waals surface area contributed by atoms with E-state index in [4.69, 9.17) is 11.1 Å². The Labute approximate surface area is 201 Å². The lowest BCUT2D eigenvalue weighted by Gasteiger charge is -2.43. The maximum atomic E-state index is 13.2. The number of rotatable bonds is 7. The van der Waals surface area contributed by atoms with E-state index in [0.717, 1.165) is 12.4 Å². The summed E-state index contributed by atoms with van der Waals surface area (Å²) in [6.45, 7) is 7.95. The third-order valence-electron chi connectivity index (χ3n) is 6.07. The maximum absolute atomic E-state index is 13.2. The minimum atomic E-state index is -4.61. The second-order valence-corrected chi connectivity index (χ2v) is 8.91. The number of aromatic nitrogens is 2. The predicted molar refractivity (Wildman–Crippen MR) is 130 cm³/mol. The Bertz CT molecular complexity index is 1070. The van der Waals surface area contributed by atoms with Gasteiger partial charge in [0.1, 0.15) is 11.5 Å². The van der Waals surface area contributed by atoms with E-state index in [9.17, 15) is 18.3 Å². The van der Waals surface area contributed by atoms with Gasteiger partial charge in [-0.15, -0.1) is 0 Å². The van der Waals surface area contributed by atoms with E-state index in [0.29, 0.717) is 30.9 Å². The molecule has 0 aromatic carbocycles. The lowest BCUT2D eigenvalue weighted by atomic mass is 9.77. The summed E-state index contributed by atoms with van der Waals surface area (Å²) in [7, 11) is 0. The third-order valence-corrected chi connectivity index (χ3v) is 6.07. The number of nitrogens with two attached hydrogens (primary N) is 1. The number of alkyl halides is 3. The number of nitrogens with one attached hydrogen (secondary N) is 1. The van der Waals surface area contributed by atoms with Crippen LogP contribution in [0.25, 0.3) is 5.70 Å². The molecule has 3 heterocycles. The van der Waals surface area contributed by atoms with Crippen molar-refractivity contribution in [2.75, 3.05) is 24.5 Å². The van der Waals surface area contributed by atoms with Crippen LogP contribution in [0.15, 0.2) is 52.1 Å². The summed E-state index contributed by atoms with van der Waals surface area (Å²) < 4.78 is 39.6. The van der Waals surface area contributed by atoms with Crippen molar-refractivity contribution in [3.8, 4) is 0 Å². The lowest BCUT2D eigenvalue weighted by molar-refractivity contribution is -0.0934. The average molecular weight is 491 g/mol. The number of aliphatic hydroxyl groups is 1. The van der Waals surface area contributed by atoms with Crippen molar-refractivity contribution in [1.82, 2.24) is 14.9 Å². The molecule has 188 valence electrons. The van der Waals surface area contributed by atoms with Crippen LogP contribution in [-0.4, -0.2) is 70.5 Å². The fraction of sp³-hybridized carbons (Fsp3) is 0.435. The van der Waals surface area contributed by atoms with Crippen molar-refractivity contribution in [3.63, 3.8) is 0 Å². The van der Waals surface area contributed by atoms with Gasteiger partial charge in [-0.25, -0.2) is 9.97 Å². The molecule has 0 bridgehead atoms. The molecule has 2 aliphatic rings. The molecule has 9 nitrogen and oxygen atoms in total. The second kappa shape index (κ2) is 10.4. The summed E-state index contributed by atoms with van der Waals surface area (Å²) in [4.78, 5) is 19.3. The number of anilines is 1. The average Bonchev–Trinajstić information content (AvgIpc) is 2.82. The first kappa shape index (κ1) is 26.1. The van der Waals surface area contributed by atoms with Crippen molar-refractivity contribution >= 4 is 30.7 Å². The minimum absolute atomic E-state index is 0.0745. The van der Waals surface area contributed by atoms with Crippen LogP contribution in [0.5, 0.6) is 0 Å². The normalized spacial score (nSPS) is 22.2. The molecule has 0 radical (unpaired) electrons. The predicted octanol–water partition coefficient (Wildman–Crippen LogP) is 2.97. The molecule has 0 aliphatic carbocycles. The Morgan fingerprint density at radius 3 is 2.69 bits per heavy atom. The van der Waals surface area contributed by atoms with Gasteiger partial charge in [0.05, 0.1) is 18.3 Å². The topological polar surface area (TPSA) is 127 Å². The van der Waals surface area contributed by atoms with Crippen LogP contribution in [0.1, 0.15) is 26.1 Å². The number of piperidine rings is 1. The molecule has 0 amide bonds. The molecular formula is C23H29F3N8O. The number of hydrogen-bond donors (Lipinski definition) is 3. The van der Waals surface area contributed by atoms with Gasteiger partial charge in [-0.3, -0.25) is 9.98 Å². The number of nitrogens with zero attached hydrogens (tertiary/aromatic N) is 6. The molecule has 0 saturated carbocycles. The van der Waals surface area contributed by atoms with Crippen molar-refractivity contribution in [1.29, 1.82) is 5.41 Å². The SMILES string of the molecule is C=N/C=C(/c1nccc(N2CC(/C(C=N)=C/N)CC(C(C)(C)O)C2)n1)N1C=C(C(F)(F)F)N=CC1. The first-order chi connectivity index (χ1) is 16.5. The highest BCUT2D eigenvalue weighted by molar-refractivity contribution is 5.76. The molecule has 35 heavy (non-hydrogen) atoms. The summed E-state index contributed by atoms with van der Waals surface area (Å²) in [5.74, 6) is 0.430. The van der Waals surface area contributed by atoms with Gasteiger partial charge in [0, 0.05) is 49.8 Å².